The largest absolute Gasteiger partial charge is 0.375 e. The average molecular weight is 220 g/mol. The molecule has 1 aliphatic rings. The molecule has 2 rings (SSSR count). The summed E-state index contributed by atoms with van der Waals surface area (Å²) in [5.41, 5.74) is 5.34. The van der Waals surface area contributed by atoms with Gasteiger partial charge in [0, 0.05) is 19.2 Å². The van der Waals surface area contributed by atoms with E-state index in [1.165, 1.54) is 0 Å². The number of primary amides is 1. The standard InChI is InChI=1S/C11H14N3O2/c1-8-7-14(5-6-16-8)10-4-2-3-9(13-10)11(12)15/h2,4,8H,5-7H2,1H3,(H2,12,15). The number of ether oxygens (including phenoxy) is 1. The Balaban J connectivity index is 2.19. The predicted octanol–water partition coefficient (Wildman–Crippen LogP) is 0.206. The van der Waals surface area contributed by atoms with E-state index in [1.54, 1.807) is 6.07 Å². The fraction of sp³-hybridized carbons (Fsp3) is 0.455. The second kappa shape index (κ2) is 4.49. The molecule has 1 saturated heterocycles. The molecule has 5 nitrogen and oxygen atoms in total. The zero-order valence-electron chi connectivity index (χ0n) is 9.14. The number of aromatic nitrogens is 1. The lowest BCUT2D eigenvalue weighted by Crippen LogP contribution is -2.41. The highest BCUT2D eigenvalue weighted by atomic mass is 16.5. The fourth-order valence-corrected chi connectivity index (χ4v) is 1.71. The lowest BCUT2D eigenvalue weighted by Gasteiger charge is -2.32. The normalized spacial score (nSPS) is 20.8. The third kappa shape index (κ3) is 2.30. The van der Waals surface area contributed by atoms with Gasteiger partial charge in [0.1, 0.15) is 11.5 Å². The molecule has 1 atom stereocenters. The first-order valence-electron chi connectivity index (χ1n) is 5.22. The highest BCUT2D eigenvalue weighted by molar-refractivity contribution is 5.90. The maximum atomic E-state index is 11.0. The Hall–Kier alpha value is -1.62. The molecule has 0 aliphatic carbocycles. The van der Waals surface area contributed by atoms with Crippen LogP contribution in [0.25, 0.3) is 0 Å². The molecule has 1 aliphatic heterocycles. The summed E-state index contributed by atoms with van der Waals surface area (Å²) in [7, 11) is 0. The molecule has 2 heterocycles. The van der Waals surface area contributed by atoms with Crippen LogP contribution in [0.5, 0.6) is 0 Å². The molecule has 0 saturated carbocycles. The third-order valence-electron chi connectivity index (χ3n) is 2.48. The van der Waals surface area contributed by atoms with E-state index in [0.717, 1.165) is 18.9 Å². The van der Waals surface area contributed by atoms with Crippen molar-refractivity contribution in [1.82, 2.24) is 4.98 Å². The van der Waals surface area contributed by atoms with Crippen molar-refractivity contribution in [3.63, 3.8) is 0 Å². The molecule has 1 radical (unpaired) electrons. The SMILES string of the molecule is CC1CN(c2cc[c]c(C(N)=O)n2)CCO1. The predicted molar refractivity (Wildman–Crippen MR) is 59.2 cm³/mol. The number of carbonyl (C=O) groups is 1. The van der Waals surface area contributed by atoms with Gasteiger partial charge in [0.05, 0.1) is 12.7 Å². The maximum Gasteiger partial charge on any atom is 0.268 e. The number of rotatable bonds is 2. The molecule has 5 heteroatoms. The zero-order valence-corrected chi connectivity index (χ0v) is 9.14. The number of anilines is 1. The van der Waals surface area contributed by atoms with Crippen molar-refractivity contribution in [2.24, 2.45) is 5.73 Å². The van der Waals surface area contributed by atoms with E-state index >= 15 is 0 Å². The van der Waals surface area contributed by atoms with Gasteiger partial charge in [-0.05, 0) is 19.1 Å². The Morgan fingerprint density at radius 3 is 3.25 bits per heavy atom. The van der Waals surface area contributed by atoms with Crippen LogP contribution < -0.4 is 10.6 Å². The smallest absolute Gasteiger partial charge is 0.268 e. The number of hydrogen-bond donors (Lipinski definition) is 1. The summed E-state index contributed by atoms with van der Waals surface area (Å²) in [6.45, 7) is 4.23. The van der Waals surface area contributed by atoms with Gasteiger partial charge in [-0.3, -0.25) is 4.79 Å². The first kappa shape index (κ1) is 10.9. The molecule has 16 heavy (non-hydrogen) atoms. The fourth-order valence-electron chi connectivity index (χ4n) is 1.71. The van der Waals surface area contributed by atoms with Gasteiger partial charge in [-0.1, -0.05) is 0 Å². The van der Waals surface area contributed by atoms with Gasteiger partial charge >= 0.3 is 0 Å². The summed E-state index contributed by atoms with van der Waals surface area (Å²) in [5, 5.41) is 0. The topological polar surface area (TPSA) is 68.5 Å². The van der Waals surface area contributed by atoms with Gasteiger partial charge in [-0.25, -0.2) is 4.98 Å². The van der Waals surface area contributed by atoms with Crippen molar-refractivity contribution in [1.29, 1.82) is 0 Å². The minimum atomic E-state index is -0.553. The molecule has 1 fully saturated rings. The second-order valence-electron chi connectivity index (χ2n) is 3.79. The van der Waals surface area contributed by atoms with Gasteiger partial charge in [-0.15, -0.1) is 0 Å². The average Bonchev–Trinajstić information content (AvgIpc) is 2.29. The van der Waals surface area contributed by atoms with Crippen LogP contribution in [0.3, 0.4) is 0 Å². The summed E-state index contributed by atoms with van der Waals surface area (Å²) in [4.78, 5) is 17.2. The molecule has 85 valence electrons. The molecule has 0 spiro atoms. The van der Waals surface area contributed by atoms with Crippen molar-refractivity contribution in [2.45, 2.75) is 13.0 Å². The van der Waals surface area contributed by atoms with Crippen molar-refractivity contribution in [2.75, 3.05) is 24.6 Å². The molecule has 1 aromatic rings. The molecule has 2 N–H and O–H groups in total. The first-order chi connectivity index (χ1) is 7.66. The Morgan fingerprint density at radius 2 is 2.56 bits per heavy atom. The summed E-state index contributed by atoms with van der Waals surface area (Å²) in [5.74, 6) is 0.200. The third-order valence-corrected chi connectivity index (χ3v) is 2.48. The Kier molecular flexibility index (Phi) is 3.05. The molecular formula is C11H14N3O2. The Labute approximate surface area is 94.2 Å². The number of morpholine rings is 1. The van der Waals surface area contributed by atoms with Gasteiger partial charge < -0.3 is 15.4 Å². The van der Waals surface area contributed by atoms with Crippen molar-refractivity contribution in [3.05, 3.63) is 23.9 Å². The number of carbonyl (C=O) groups excluding carboxylic acids is 1. The number of nitrogens with zero attached hydrogens (tertiary/aromatic N) is 2. The van der Waals surface area contributed by atoms with Crippen LogP contribution in [0.4, 0.5) is 5.82 Å². The monoisotopic (exact) mass is 220 g/mol. The molecule has 1 aromatic heterocycles. The van der Waals surface area contributed by atoms with Gasteiger partial charge in [0.15, 0.2) is 0 Å². The number of pyridine rings is 1. The maximum absolute atomic E-state index is 11.0. The lowest BCUT2D eigenvalue weighted by molar-refractivity contribution is 0.0529. The van der Waals surface area contributed by atoms with E-state index in [1.807, 2.05) is 13.0 Å². The van der Waals surface area contributed by atoms with Crippen LogP contribution in [0, 0.1) is 6.07 Å². The van der Waals surface area contributed by atoms with Crippen molar-refractivity contribution >= 4 is 11.7 Å². The highest BCUT2D eigenvalue weighted by Crippen LogP contribution is 2.15. The molecule has 1 amide bonds. The van der Waals surface area contributed by atoms with E-state index in [9.17, 15) is 4.79 Å². The molecule has 0 aromatic carbocycles. The van der Waals surface area contributed by atoms with Crippen LogP contribution >= 0.6 is 0 Å². The van der Waals surface area contributed by atoms with Crippen LogP contribution in [0.1, 0.15) is 17.4 Å². The number of amides is 1. The Bertz CT molecular complexity index is 395. The van der Waals surface area contributed by atoms with Gasteiger partial charge in [0.25, 0.3) is 5.91 Å². The van der Waals surface area contributed by atoms with Crippen molar-refractivity contribution < 1.29 is 9.53 Å². The first-order valence-corrected chi connectivity index (χ1v) is 5.22. The zero-order chi connectivity index (χ0) is 11.5. The van der Waals surface area contributed by atoms with E-state index < -0.39 is 5.91 Å². The quantitative estimate of drug-likeness (QED) is 0.773. The number of nitrogens with two attached hydrogens (primary N) is 1. The molecule has 1 unspecified atom stereocenters. The van der Waals surface area contributed by atoms with Crippen LogP contribution in [0.2, 0.25) is 0 Å². The minimum absolute atomic E-state index is 0.177. The van der Waals surface area contributed by atoms with Crippen LogP contribution in [-0.4, -0.2) is 36.7 Å². The van der Waals surface area contributed by atoms with E-state index in [2.05, 4.69) is 16.0 Å². The van der Waals surface area contributed by atoms with Gasteiger partial charge in [0.2, 0.25) is 0 Å². The van der Waals surface area contributed by atoms with Gasteiger partial charge in [-0.2, -0.15) is 0 Å². The van der Waals surface area contributed by atoms with Crippen LogP contribution in [0.15, 0.2) is 12.1 Å². The summed E-state index contributed by atoms with van der Waals surface area (Å²) >= 11 is 0. The van der Waals surface area contributed by atoms with Crippen molar-refractivity contribution in [3.8, 4) is 0 Å². The van der Waals surface area contributed by atoms with E-state index in [-0.39, 0.29) is 11.8 Å². The summed E-state index contributed by atoms with van der Waals surface area (Å²) < 4.78 is 5.44. The summed E-state index contributed by atoms with van der Waals surface area (Å²) in [6, 6.07) is 6.21. The minimum Gasteiger partial charge on any atom is -0.375 e. The number of hydrogen-bond acceptors (Lipinski definition) is 4. The lowest BCUT2D eigenvalue weighted by atomic mass is 10.2. The molecular weight excluding hydrogens is 206 g/mol. The summed E-state index contributed by atoms with van der Waals surface area (Å²) in [6.07, 6.45) is 0.178. The van der Waals surface area contributed by atoms with E-state index in [4.69, 9.17) is 10.5 Å². The Morgan fingerprint density at radius 1 is 1.75 bits per heavy atom. The second-order valence-corrected chi connectivity index (χ2v) is 3.79. The van der Waals surface area contributed by atoms with Crippen LogP contribution in [-0.2, 0) is 4.74 Å². The highest BCUT2D eigenvalue weighted by Gasteiger charge is 2.18. The molecule has 0 bridgehead atoms. The van der Waals surface area contributed by atoms with E-state index in [0.29, 0.717) is 6.61 Å².